The maximum atomic E-state index is 13.5. The number of aromatic nitrogens is 1. The van der Waals surface area contributed by atoms with E-state index in [1.54, 1.807) is 4.31 Å². The second kappa shape index (κ2) is 10.4. The van der Waals surface area contributed by atoms with Crippen LogP contribution in [-0.4, -0.2) is 65.5 Å². The van der Waals surface area contributed by atoms with Crippen LogP contribution in [0.4, 0.5) is 0 Å². The number of carbonyl (C=O) groups excluding carboxylic acids is 1. The molecule has 1 aromatic carbocycles. The number of carbonyl (C=O) groups is 1. The van der Waals surface area contributed by atoms with Gasteiger partial charge < -0.3 is 5.32 Å². The topological polar surface area (TPSA) is 82.6 Å². The van der Waals surface area contributed by atoms with Crippen molar-refractivity contribution in [3.8, 4) is 0 Å². The Morgan fingerprint density at radius 1 is 1.08 bits per heavy atom. The number of benzene rings is 1. The normalized spacial score (nSPS) is 29.3. The molecule has 4 fully saturated rings. The van der Waals surface area contributed by atoms with Crippen molar-refractivity contribution in [2.45, 2.75) is 82.5 Å². The molecule has 9 heteroatoms. The zero-order chi connectivity index (χ0) is 25.6. The molecule has 4 aliphatic rings. The fourth-order valence-corrected chi connectivity index (χ4v) is 9.85. The van der Waals surface area contributed by atoms with E-state index in [1.165, 1.54) is 6.42 Å². The predicted octanol–water partition coefficient (Wildman–Crippen LogP) is 4.34. The summed E-state index contributed by atoms with van der Waals surface area (Å²) in [7, 11) is -3.45. The van der Waals surface area contributed by atoms with E-state index < -0.39 is 16.1 Å². The van der Waals surface area contributed by atoms with Crippen LogP contribution < -0.4 is 5.32 Å². The van der Waals surface area contributed by atoms with Crippen LogP contribution >= 0.6 is 11.6 Å². The van der Waals surface area contributed by atoms with Gasteiger partial charge in [-0.3, -0.25) is 9.69 Å². The van der Waals surface area contributed by atoms with Gasteiger partial charge in [-0.2, -0.15) is 4.31 Å². The van der Waals surface area contributed by atoms with Gasteiger partial charge in [0.15, 0.2) is 0 Å². The first-order chi connectivity index (χ1) is 17.9. The fraction of sp³-hybridized carbons (Fsp3) is 0.643. The van der Waals surface area contributed by atoms with Gasteiger partial charge in [-0.1, -0.05) is 49.1 Å². The number of nitrogens with zero attached hydrogens (tertiary/aromatic N) is 3. The number of fused-ring (bicyclic) bond motifs is 3. The lowest BCUT2D eigenvalue weighted by Crippen LogP contribution is -2.55. The van der Waals surface area contributed by atoms with Crippen molar-refractivity contribution in [3.05, 3.63) is 41.0 Å². The number of para-hydroxylation sites is 1. The summed E-state index contributed by atoms with van der Waals surface area (Å²) in [5.74, 6) is 0.488. The molecule has 2 aliphatic heterocycles. The molecule has 0 spiro atoms. The molecule has 4 unspecified atom stereocenters. The number of halogens is 1. The molecule has 4 atom stereocenters. The molecule has 1 amide bonds. The van der Waals surface area contributed by atoms with E-state index in [9.17, 15) is 13.2 Å². The number of sulfonamides is 1. The zero-order valence-corrected chi connectivity index (χ0v) is 22.9. The van der Waals surface area contributed by atoms with Crippen LogP contribution in [0, 0.1) is 11.8 Å². The molecule has 200 valence electrons. The Labute approximate surface area is 225 Å². The smallest absolute Gasteiger partial charge is 0.239 e. The molecule has 2 saturated carbocycles. The van der Waals surface area contributed by atoms with Gasteiger partial charge in [0, 0.05) is 42.7 Å². The average molecular weight is 545 g/mol. The summed E-state index contributed by atoms with van der Waals surface area (Å²) in [5, 5.41) is 4.82. The number of likely N-dealkylation sites (tertiary alicyclic amines) is 1. The molecule has 2 aromatic rings. The maximum Gasteiger partial charge on any atom is 0.239 e. The van der Waals surface area contributed by atoms with Crippen molar-refractivity contribution >= 4 is 38.4 Å². The number of pyridine rings is 1. The summed E-state index contributed by atoms with van der Waals surface area (Å²) in [4.78, 5) is 20.4. The van der Waals surface area contributed by atoms with Crippen LogP contribution in [-0.2, 0) is 21.4 Å². The van der Waals surface area contributed by atoms with Gasteiger partial charge in [0.25, 0.3) is 0 Å². The standard InChI is InChI=1S/C28H37ClN4O3S/c29-27-22(14-20-8-4-5-9-25(20)31-27)16-32-13-12-23(17-32)30-28(34)26-21-10-11-24(15-21)33(26)37(35,36)18-19-6-2-1-3-7-19/h4-5,8-9,14,19,21,23-24,26H,1-3,6-7,10-13,15-18H2,(H,30,34). The van der Waals surface area contributed by atoms with Gasteiger partial charge in [-0.15, -0.1) is 0 Å². The Morgan fingerprint density at radius 2 is 1.89 bits per heavy atom. The van der Waals surface area contributed by atoms with Crippen LogP contribution in [0.1, 0.15) is 63.4 Å². The van der Waals surface area contributed by atoms with Gasteiger partial charge in [0.05, 0.1) is 11.3 Å². The second-order valence-electron chi connectivity index (χ2n) is 11.6. The van der Waals surface area contributed by atoms with E-state index in [-0.39, 0.29) is 35.6 Å². The number of hydrogen-bond acceptors (Lipinski definition) is 5. The summed E-state index contributed by atoms with van der Waals surface area (Å²) in [6, 6.07) is 9.52. The molecule has 3 heterocycles. The quantitative estimate of drug-likeness (QED) is 0.524. The predicted molar refractivity (Wildman–Crippen MR) is 146 cm³/mol. The Kier molecular flexibility index (Phi) is 7.20. The lowest BCUT2D eigenvalue weighted by molar-refractivity contribution is -0.126. The lowest BCUT2D eigenvalue weighted by Gasteiger charge is -2.35. The summed E-state index contributed by atoms with van der Waals surface area (Å²) >= 11 is 6.48. The van der Waals surface area contributed by atoms with Gasteiger partial charge in [-0.25, -0.2) is 13.4 Å². The first kappa shape index (κ1) is 25.5. The molecule has 1 N–H and O–H groups in total. The first-order valence-electron chi connectivity index (χ1n) is 14.0. The molecular weight excluding hydrogens is 508 g/mol. The van der Waals surface area contributed by atoms with Crippen LogP contribution in [0.5, 0.6) is 0 Å². The molecular formula is C28H37ClN4O3S. The van der Waals surface area contributed by atoms with E-state index in [0.717, 1.165) is 80.9 Å². The van der Waals surface area contributed by atoms with Crippen molar-refractivity contribution in [3.63, 3.8) is 0 Å². The molecule has 2 saturated heterocycles. The monoisotopic (exact) mass is 544 g/mol. The highest BCUT2D eigenvalue weighted by atomic mass is 35.5. The number of piperidine rings is 1. The number of amides is 1. The Balaban J connectivity index is 1.10. The van der Waals surface area contributed by atoms with E-state index >= 15 is 0 Å². The Hall–Kier alpha value is -1.74. The minimum absolute atomic E-state index is 0.00281. The van der Waals surface area contributed by atoms with Gasteiger partial charge >= 0.3 is 0 Å². The number of rotatable bonds is 7. The average Bonchev–Trinajstić information content (AvgIpc) is 3.62. The van der Waals surface area contributed by atoms with Crippen molar-refractivity contribution in [2.75, 3.05) is 18.8 Å². The first-order valence-corrected chi connectivity index (χ1v) is 15.9. The molecule has 2 aliphatic carbocycles. The zero-order valence-electron chi connectivity index (χ0n) is 21.3. The van der Waals surface area contributed by atoms with Gasteiger partial charge in [0.2, 0.25) is 15.9 Å². The summed E-state index contributed by atoms with van der Waals surface area (Å²) in [6.07, 6.45) is 8.94. The Morgan fingerprint density at radius 3 is 2.73 bits per heavy atom. The third-order valence-electron chi connectivity index (χ3n) is 9.05. The van der Waals surface area contributed by atoms with Crippen molar-refractivity contribution < 1.29 is 13.2 Å². The molecule has 2 bridgehead atoms. The van der Waals surface area contributed by atoms with E-state index in [0.29, 0.717) is 11.7 Å². The highest BCUT2D eigenvalue weighted by molar-refractivity contribution is 7.89. The van der Waals surface area contributed by atoms with Crippen LogP contribution in [0.2, 0.25) is 5.15 Å². The van der Waals surface area contributed by atoms with Crippen molar-refractivity contribution in [1.29, 1.82) is 0 Å². The van der Waals surface area contributed by atoms with Gasteiger partial charge in [0.1, 0.15) is 11.2 Å². The van der Waals surface area contributed by atoms with Crippen LogP contribution in [0.15, 0.2) is 30.3 Å². The summed E-state index contributed by atoms with van der Waals surface area (Å²) in [5.41, 5.74) is 1.87. The number of hydrogen-bond donors (Lipinski definition) is 1. The summed E-state index contributed by atoms with van der Waals surface area (Å²) < 4.78 is 28.7. The van der Waals surface area contributed by atoms with Crippen molar-refractivity contribution in [2.24, 2.45) is 11.8 Å². The largest absolute Gasteiger partial charge is 0.351 e. The van der Waals surface area contributed by atoms with E-state index in [4.69, 9.17) is 11.6 Å². The van der Waals surface area contributed by atoms with Crippen molar-refractivity contribution in [1.82, 2.24) is 19.5 Å². The Bertz CT molecular complexity index is 1270. The lowest BCUT2D eigenvalue weighted by atomic mass is 9.91. The maximum absolute atomic E-state index is 13.5. The van der Waals surface area contributed by atoms with Crippen LogP contribution in [0.3, 0.4) is 0 Å². The van der Waals surface area contributed by atoms with E-state index in [2.05, 4.69) is 21.3 Å². The van der Waals surface area contributed by atoms with Gasteiger partial charge in [-0.05, 0) is 62.5 Å². The molecule has 37 heavy (non-hydrogen) atoms. The molecule has 6 rings (SSSR count). The highest BCUT2D eigenvalue weighted by Crippen LogP contribution is 2.45. The SMILES string of the molecule is O=C(NC1CCN(Cc2cc3ccccc3nc2Cl)C1)C1C2CCC(C2)N1S(=O)(=O)CC1CCCCC1. The summed E-state index contributed by atoms with van der Waals surface area (Å²) in [6.45, 7) is 2.26. The molecule has 1 aromatic heterocycles. The third-order valence-corrected chi connectivity index (χ3v) is 11.4. The minimum atomic E-state index is -3.45. The molecule has 0 radical (unpaired) electrons. The van der Waals surface area contributed by atoms with E-state index in [1.807, 2.05) is 24.3 Å². The highest BCUT2D eigenvalue weighted by Gasteiger charge is 2.54. The minimum Gasteiger partial charge on any atom is -0.351 e. The fourth-order valence-electron chi connectivity index (χ4n) is 7.28. The number of nitrogens with one attached hydrogen (secondary N) is 1. The third kappa shape index (κ3) is 5.27. The molecule has 7 nitrogen and oxygen atoms in total. The second-order valence-corrected chi connectivity index (χ2v) is 13.9. The van der Waals surface area contributed by atoms with Crippen LogP contribution in [0.25, 0.3) is 10.9 Å².